The molecule has 0 fully saturated rings. The highest BCUT2D eigenvalue weighted by Crippen LogP contribution is 2.40. The van der Waals surface area contributed by atoms with Gasteiger partial charge in [-0.25, -0.2) is 4.98 Å². The van der Waals surface area contributed by atoms with Crippen LogP contribution in [-0.4, -0.2) is 28.2 Å². The Balaban J connectivity index is 1.14. The van der Waals surface area contributed by atoms with Crippen LogP contribution in [0.4, 0.5) is 0 Å². The zero-order valence-electron chi connectivity index (χ0n) is 26.8. The molecule has 0 aliphatic carbocycles. The molecule has 0 atom stereocenters. The molecule has 0 aliphatic heterocycles. The molecule has 11 aromatic rings. The molecule has 0 spiro atoms. The van der Waals surface area contributed by atoms with Crippen LogP contribution in [0.3, 0.4) is 0 Å². The second kappa shape index (κ2) is 10.3. The van der Waals surface area contributed by atoms with Crippen molar-refractivity contribution in [2.75, 3.05) is 0 Å². The fourth-order valence-corrected chi connectivity index (χ4v) is 8.05. The number of hydrogen-bond acceptors (Lipinski definition) is 2. The Kier molecular flexibility index (Phi) is 5.57. The third-order valence-electron chi connectivity index (χ3n) is 10.1. The molecular weight excluding hydrogens is 613 g/mol. The van der Waals surface area contributed by atoms with Crippen LogP contribution in [0.5, 0.6) is 0 Å². The first-order valence-electron chi connectivity index (χ1n) is 16.8. The number of benzene rings is 6. The summed E-state index contributed by atoms with van der Waals surface area (Å²) in [4.78, 5) is 10.2. The summed E-state index contributed by atoms with van der Waals surface area (Å²) in [6.45, 7) is 0. The summed E-state index contributed by atoms with van der Waals surface area (Å²) >= 11 is 0. The predicted molar refractivity (Wildman–Crippen MR) is 204 cm³/mol. The van der Waals surface area contributed by atoms with E-state index in [9.17, 15) is 0 Å². The van der Waals surface area contributed by atoms with Crippen molar-refractivity contribution in [1.29, 1.82) is 0 Å². The van der Waals surface area contributed by atoms with E-state index in [2.05, 4.69) is 176 Å². The maximum absolute atomic E-state index is 5.38. The van der Waals surface area contributed by atoms with Crippen molar-refractivity contribution in [1.82, 2.24) is 28.2 Å². The molecule has 0 saturated carbocycles. The minimum atomic E-state index is 0.776. The van der Waals surface area contributed by atoms with Crippen LogP contribution in [-0.2, 0) is 0 Å². The van der Waals surface area contributed by atoms with Crippen molar-refractivity contribution in [2.45, 2.75) is 0 Å². The lowest BCUT2D eigenvalue weighted by Crippen LogP contribution is -2.04. The van der Waals surface area contributed by atoms with Gasteiger partial charge in [-0.05, 0) is 72.8 Å². The number of aromatic nitrogens is 6. The highest BCUT2D eigenvalue weighted by Gasteiger charge is 2.20. The molecule has 0 unspecified atom stereocenters. The first kappa shape index (κ1) is 27.1. The van der Waals surface area contributed by atoms with Crippen molar-refractivity contribution in [2.24, 2.45) is 0 Å². The summed E-state index contributed by atoms with van der Waals surface area (Å²) in [7, 11) is 0. The van der Waals surface area contributed by atoms with Crippen molar-refractivity contribution >= 4 is 65.4 Å². The molecule has 0 N–H and O–H groups in total. The average Bonchev–Trinajstić information content (AvgIpc) is 3.96. The summed E-state index contributed by atoms with van der Waals surface area (Å²) in [5.74, 6) is 1.55. The fourth-order valence-electron chi connectivity index (χ4n) is 8.05. The van der Waals surface area contributed by atoms with E-state index in [1.165, 1.54) is 43.4 Å². The maximum atomic E-state index is 5.38. The SMILES string of the molecule is c1ccc(-n2ccc3c4c5ccccc5n(-c5cncc(-n6c7ccccc7c7c8ccn(-c9ccccc9)c8ccc76)n5)c4ccc32)cc1. The zero-order chi connectivity index (χ0) is 32.8. The number of nitrogens with zero attached hydrogens (tertiary/aromatic N) is 6. The van der Waals surface area contributed by atoms with E-state index >= 15 is 0 Å². The van der Waals surface area contributed by atoms with Gasteiger partial charge >= 0.3 is 0 Å². The number of rotatable bonds is 4. The summed E-state index contributed by atoms with van der Waals surface area (Å²) in [6, 6.07) is 51.6. The zero-order valence-corrected chi connectivity index (χ0v) is 26.8. The van der Waals surface area contributed by atoms with Crippen LogP contribution in [0.1, 0.15) is 0 Å². The van der Waals surface area contributed by atoms with Gasteiger partial charge in [0.05, 0.1) is 45.5 Å². The van der Waals surface area contributed by atoms with Crippen LogP contribution < -0.4 is 0 Å². The quantitative estimate of drug-likeness (QED) is 0.192. The van der Waals surface area contributed by atoms with Gasteiger partial charge in [-0.15, -0.1) is 0 Å². The van der Waals surface area contributed by atoms with Gasteiger partial charge < -0.3 is 9.13 Å². The lowest BCUT2D eigenvalue weighted by Gasteiger charge is -2.11. The number of fused-ring (bicyclic) bond motifs is 10. The average molecular weight is 641 g/mol. The van der Waals surface area contributed by atoms with Gasteiger partial charge in [0.25, 0.3) is 0 Å². The lowest BCUT2D eigenvalue weighted by atomic mass is 10.1. The predicted octanol–water partition coefficient (Wildman–Crippen LogP) is 10.6. The first-order valence-corrected chi connectivity index (χ1v) is 16.8. The fraction of sp³-hybridized carbons (Fsp3) is 0. The molecule has 0 aliphatic rings. The molecule has 5 aromatic heterocycles. The summed E-state index contributed by atoms with van der Waals surface area (Å²) in [5.41, 5.74) is 9.02. The highest BCUT2D eigenvalue weighted by atomic mass is 15.2. The molecule has 5 heterocycles. The van der Waals surface area contributed by atoms with Crippen LogP contribution in [0, 0.1) is 0 Å². The number of para-hydroxylation sites is 4. The van der Waals surface area contributed by atoms with Crippen molar-refractivity contribution < 1.29 is 0 Å². The second-order valence-electron chi connectivity index (χ2n) is 12.8. The summed E-state index contributed by atoms with van der Waals surface area (Å²) < 4.78 is 9.03. The Morgan fingerprint density at radius 2 is 0.740 bits per heavy atom. The van der Waals surface area contributed by atoms with E-state index in [1.807, 2.05) is 12.4 Å². The standard InChI is InChI=1S/C44H28N6/c1-3-11-29(12-4-1)47-25-23-33-35(47)19-21-39-43(33)31-15-7-9-17-37(31)49(39)41-27-45-28-42(46-41)50-38-18-10-8-16-32(38)44-34-24-26-48(30-13-5-2-6-14-30)36(34)20-22-40(44)50/h1-28H. The van der Waals surface area contributed by atoms with Crippen molar-refractivity contribution in [3.8, 4) is 23.0 Å². The highest BCUT2D eigenvalue weighted by molar-refractivity contribution is 6.22. The van der Waals surface area contributed by atoms with Crippen LogP contribution in [0.2, 0.25) is 0 Å². The van der Waals surface area contributed by atoms with Gasteiger partial charge in [0.2, 0.25) is 0 Å². The molecule has 6 aromatic carbocycles. The van der Waals surface area contributed by atoms with Crippen LogP contribution >= 0.6 is 0 Å². The van der Waals surface area contributed by atoms with Gasteiger partial charge in [0.15, 0.2) is 11.6 Å². The van der Waals surface area contributed by atoms with E-state index in [4.69, 9.17) is 9.97 Å². The Labute approximate surface area is 286 Å². The van der Waals surface area contributed by atoms with Gasteiger partial charge in [-0.3, -0.25) is 14.1 Å². The molecule has 0 bridgehead atoms. The third kappa shape index (κ3) is 3.73. The smallest absolute Gasteiger partial charge is 0.158 e. The van der Waals surface area contributed by atoms with E-state index < -0.39 is 0 Å². The number of hydrogen-bond donors (Lipinski definition) is 0. The summed E-state index contributed by atoms with van der Waals surface area (Å²) in [5, 5.41) is 7.21. The largest absolute Gasteiger partial charge is 0.317 e. The Hall–Kier alpha value is -6.92. The molecule has 6 nitrogen and oxygen atoms in total. The molecule has 11 rings (SSSR count). The molecule has 234 valence electrons. The van der Waals surface area contributed by atoms with Gasteiger partial charge in [0.1, 0.15) is 0 Å². The van der Waals surface area contributed by atoms with Crippen molar-refractivity contribution in [3.63, 3.8) is 0 Å². The minimum Gasteiger partial charge on any atom is -0.317 e. The van der Waals surface area contributed by atoms with Crippen LogP contribution in [0.25, 0.3) is 88.4 Å². The normalized spacial score (nSPS) is 12.0. The topological polar surface area (TPSA) is 45.5 Å². The van der Waals surface area contributed by atoms with E-state index in [0.717, 1.165) is 45.1 Å². The molecule has 0 radical (unpaired) electrons. The van der Waals surface area contributed by atoms with E-state index in [1.54, 1.807) is 0 Å². The Bertz CT molecular complexity index is 2880. The monoisotopic (exact) mass is 640 g/mol. The Morgan fingerprint density at radius 1 is 0.340 bits per heavy atom. The second-order valence-corrected chi connectivity index (χ2v) is 12.8. The van der Waals surface area contributed by atoms with Gasteiger partial charge in [-0.2, -0.15) is 0 Å². The minimum absolute atomic E-state index is 0.776. The molecule has 0 amide bonds. The van der Waals surface area contributed by atoms with E-state index in [-0.39, 0.29) is 0 Å². The molecule has 50 heavy (non-hydrogen) atoms. The molecule has 6 heteroatoms. The van der Waals surface area contributed by atoms with E-state index in [0.29, 0.717) is 0 Å². The van der Waals surface area contributed by atoms with Gasteiger partial charge in [0, 0.05) is 56.1 Å². The molecule has 0 saturated heterocycles. The maximum Gasteiger partial charge on any atom is 0.158 e. The summed E-state index contributed by atoms with van der Waals surface area (Å²) in [6.07, 6.45) is 8.08. The first-order chi connectivity index (χ1) is 24.8. The van der Waals surface area contributed by atoms with Gasteiger partial charge in [-0.1, -0.05) is 72.8 Å². The lowest BCUT2D eigenvalue weighted by molar-refractivity contribution is 0.979. The Morgan fingerprint density at radius 3 is 1.22 bits per heavy atom. The molecular formula is C44H28N6. The third-order valence-corrected chi connectivity index (χ3v) is 10.1. The van der Waals surface area contributed by atoms with Crippen molar-refractivity contribution in [3.05, 3.63) is 170 Å². The van der Waals surface area contributed by atoms with Crippen LogP contribution in [0.15, 0.2) is 170 Å².